The van der Waals surface area contributed by atoms with Crippen molar-refractivity contribution in [1.82, 2.24) is 0 Å². The molecule has 0 radical (unpaired) electrons. The first-order valence-corrected chi connectivity index (χ1v) is 4.25. The number of nitro groups is 1. The van der Waals surface area contributed by atoms with E-state index in [0.717, 1.165) is 12.1 Å². The molecule has 0 bridgehead atoms. The number of nitrogens with two attached hydrogens (primary N) is 1. The van der Waals surface area contributed by atoms with Crippen LogP contribution in [-0.2, 0) is 4.79 Å². The Labute approximate surface area is 90.5 Å². The van der Waals surface area contributed by atoms with Crippen molar-refractivity contribution in [2.75, 3.05) is 0 Å². The van der Waals surface area contributed by atoms with Crippen LogP contribution in [0.15, 0.2) is 24.3 Å². The molecule has 6 nitrogen and oxygen atoms in total. The molecule has 1 rings (SSSR count). The van der Waals surface area contributed by atoms with Gasteiger partial charge < -0.3 is 5.73 Å². The number of primary amides is 1. The molecule has 6 heteroatoms. The van der Waals surface area contributed by atoms with E-state index in [1.54, 1.807) is 0 Å². The average molecular weight is 220 g/mol. The summed E-state index contributed by atoms with van der Waals surface area (Å²) >= 11 is 0. The standard InChI is InChI=1S/C10H8N2O4/c11-10(14)2-1-7-3-8(6-13)5-9(4-7)12(15)16/h1-6H,(H2,11,14). The zero-order chi connectivity index (χ0) is 12.1. The van der Waals surface area contributed by atoms with Crippen molar-refractivity contribution in [3.63, 3.8) is 0 Å². The minimum absolute atomic E-state index is 0.165. The molecule has 16 heavy (non-hydrogen) atoms. The van der Waals surface area contributed by atoms with Gasteiger partial charge in [0.15, 0.2) is 0 Å². The van der Waals surface area contributed by atoms with Crippen molar-refractivity contribution >= 4 is 24.0 Å². The minimum Gasteiger partial charge on any atom is -0.366 e. The van der Waals surface area contributed by atoms with Crippen LogP contribution in [0.5, 0.6) is 0 Å². The predicted octanol–water partition coefficient (Wildman–Crippen LogP) is 0.906. The normalized spacial score (nSPS) is 10.2. The highest BCUT2D eigenvalue weighted by molar-refractivity contribution is 5.90. The molecule has 0 aliphatic heterocycles. The summed E-state index contributed by atoms with van der Waals surface area (Å²) < 4.78 is 0. The third-order valence-corrected chi connectivity index (χ3v) is 1.75. The number of non-ortho nitro benzene ring substituents is 1. The summed E-state index contributed by atoms with van der Waals surface area (Å²) in [6.07, 6.45) is 2.87. The molecule has 0 aliphatic carbocycles. The van der Waals surface area contributed by atoms with E-state index in [2.05, 4.69) is 0 Å². The first-order chi connectivity index (χ1) is 7.52. The predicted molar refractivity (Wildman–Crippen MR) is 56.7 cm³/mol. The van der Waals surface area contributed by atoms with Gasteiger partial charge in [0, 0.05) is 23.8 Å². The fraction of sp³-hybridized carbons (Fsp3) is 0. The molecule has 1 amide bonds. The van der Waals surface area contributed by atoms with Crippen molar-refractivity contribution in [3.8, 4) is 0 Å². The van der Waals surface area contributed by atoms with E-state index in [0.29, 0.717) is 11.8 Å². The Bertz CT molecular complexity index is 480. The molecule has 0 unspecified atom stereocenters. The van der Waals surface area contributed by atoms with E-state index < -0.39 is 10.8 Å². The van der Waals surface area contributed by atoms with Crippen LogP contribution in [0.1, 0.15) is 15.9 Å². The van der Waals surface area contributed by atoms with E-state index in [-0.39, 0.29) is 11.3 Å². The Morgan fingerprint density at radius 2 is 1.94 bits per heavy atom. The van der Waals surface area contributed by atoms with Crippen molar-refractivity contribution < 1.29 is 14.5 Å². The van der Waals surface area contributed by atoms with Crippen molar-refractivity contribution in [2.45, 2.75) is 0 Å². The fourth-order valence-corrected chi connectivity index (χ4v) is 1.11. The highest BCUT2D eigenvalue weighted by Gasteiger charge is 2.08. The van der Waals surface area contributed by atoms with Crippen molar-refractivity contribution in [2.24, 2.45) is 5.73 Å². The molecule has 0 atom stereocenters. The Balaban J connectivity index is 3.18. The highest BCUT2D eigenvalue weighted by atomic mass is 16.6. The lowest BCUT2D eigenvalue weighted by molar-refractivity contribution is -0.384. The summed E-state index contributed by atoms with van der Waals surface area (Å²) in [5, 5.41) is 10.5. The minimum atomic E-state index is -0.667. The number of aldehydes is 1. The highest BCUT2D eigenvalue weighted by Crippen LogP contribution is 2.17. The summed E-state index contributed by atoms with van der Waals surface area (Å²) in [5.74, 6) is -0.667. The van der Waals surface area contributed by atoms with E-state index >= 15 is 0 Å². The van der Waals surface area contributed by atoms with Gasteiger partial charge in [-0.15, -0.1) is 0 Å². The van der Waals surface area contributed by atoms with Gasteiger partial charge in [0.2, 0.25) is 5.91 Å². The summed E-state index contributed by atoms with van der Waals surface area (Å²) in [6, 6.07) is 3.81. The largest absolute Gasteiger partial charge is 0.366 e. The maximum atomic E-state index is 10.5. The van der Waals surface area contributed by atoms with E-state index in [1.165, 1.54) is 18.2 Å². The maximum Gasteiger partial charge on any atom is 0.270 e. The lowest BCUT2D eigenvalue weighted by Crippen LogP contribution is -2.05. The van der Waals surface area contributed by atoms with Crippen LogP contribution in [-0.4, -0.2) is 17.1 Å². The van der Waals surface area contributed by atoms with Gasteiger partial charge in [0.1, 0.15) is 6.29 Å². The number of amides is 1. The van der Waals surface area contributed by atoms with Crippen LogP contribution in [0.4, 0.5) is 5.69 Å². The number of hydrogen-bond acceptors (Lipinski definition) is 4. The van der Waals surface area contributed by atoms with Gasteiger partial charge in [-0.3, -0.25) is 19.7 Å². The maximum absolute atomic E-state index is 10.5. The molecule has 0 aliphatic rings. The van der Waals surface area contributed by atoms with Gasteiger partial charge in [-0.1, -0.05) is 0 Å². The van der Waals surface area contributed by atoms with Crippen LogP contribution >= 0.6 is 0 Å². The van der Waals surface area contributed by atoms with Gasteiger partial charge in [0.05, 0.1) is 4.92 Å². The van der Waals surface area contributed by atoms with Crippen LogP contribution in [0.25, 0.3) is 6.08 Å². The lowest BCUT2D eigenvalue weighted by atomic mass is 10.1. The molecular formula is C10H8N2O4. The quantitative estimate of drug-likeness (QED) is 0.352. The van der Waals surface area contributed by atoms with E-state index in [9.17, 15) is 19.7 Å². The van der Waals surface area contributed by atoms with Crippen LogP contribution in [0, 0.1) is 10.1 Å². The Kier molecular flexibility index (Phi) is 3.49. The third kappa shape index (κ3) is 3.02. The topological polar surface area (TPSA) is 103 Å². The van der Waals surface area contributed by atoms with Gasteiger partial charge in [-0.05, 0) is 17.7 Å². The number of hydrogen-bond donors (Lipinski definition) is 1. The molecule has 1 aromatic rings. The van der Waals surface area contributed by atoms with Crippen molar-refractivity contribution in [3.05, 3.63) is 45.5 Å². The Hall–Kier alpha value is -2.50. The van der Waals surface area contributed by atoms with Gasteiger partial charge in [-0.25, -0.2) is 0 Å². The number of rotatable bonds is 4. The van der Waals surface area contributed by atoms with Gasteiger partial charge in [-0.2, -0.15) is 0 Å². The SMILES string of the molecule is NC(=O)C=Cc1cc(C=O)cc([N+](=O)[O-])c1. The molecule has 0 spiro atoms. The number of carbonyl (C=O) groups is 2. The van der Waals surface area contributed by atoms with Crippen molar-refractivity contribution in [1.29, 1.82) is 0 Å². The summed E-state index contributed by atoms with van der Waals surface area (Å²) in [4.78, 5) is 30.9. The molecule has 0 aromatic heterocycles. The molecular weight excluding hydrogens is 212 g/mol. The molecule has 0 saturated carbocycles. The van der Waals surface area contributed by atoms with Crippen LogP contribution < -0.4 is 5.73 Å². The van der Waals surface area contributed by atoms with E-state index in [1.807, 2.05) is 0 Å². The monoisotopic (exact) mass is 220 g/mol. The third-order valence-electron chi connectivity index (χ3n) is 1.75. The average Bonchev–Trinajstić information content (AvgIpc) is 2.25. The first kappa shape index (κ1) is 11.6. The molecule has 0 saturated heterocycles. The first-order valence-electron chi connectivity index (χ1n) is 4.25. The van der Waals surface area contributed by atoms with Crippen LogP contribution in [0.3, 0.4) is 0 Å². The number of benzene rings is 1. The number of nitrogens with zero attached hydrogens (tertiary/aromatic N) is 1. The molecule has 2 N–H and O–H groups in total. The Morgan fingerprint density at radius 1 is 1.31 bits per heavy atom. The summed E-state index contributed by atoms with van der Waals surface area (Å²) in [7, 11) is 0. The number of carbonyl (C=O) groups excluding carboxylic acids is 2. The zero-order valence-electron chi connectivity index (χ0n) is 8.12. The zero-order valence-corrected chi connectivity index (χ0v) is 8.12. The van der Waals surface area contributed by atoms with Gasteiger partial charge >= 0.3 is 0 Å². The van der Waals surface area contributed by atoms with Gasteiger partial charge in [0.25, 0.3) is 5.69 Å². The van der Waals surface area contributed by atoms with Crippen LogP contribution in [0.2, 0.25) is 0 Å². The fourth-order valence-electron chi connectivity index (χ4n) is 1.11. The smallest absolute Gasteiger partial charge is 0.270 e. The second-order valence-corrected chi connectivity index (χ2v) is 2.97. The summed E-state index contributed by atoms with van der Waals surface area (Å²) in [6.45, 7) is 0. The molecule has 0 heterocycles. The molecule has 1 aromatic carbocycles. The molecule has 0 fully saturated rings. The van der Waals surface area contributed by atoms with E-state index in [4.69, 9.17) is 5.73 Å². The second-order valence-electron chi connectivity index (χ2n) is 2.97. The molecule has 82 valence electrons. The Morgan fingerprint density at radius 3 is 2.44 bits per heavy atom. The second kappa shape index (κ2) is 4.83. The number of nitro benzene ring substituents is 1. The summed E-state index contributed by atoms with van der Waals surface area (Å²) in [5.41, 5.74) is 5.20. The lowest BCUT2D eigenvalue weighted by Gasteiger charge is -1.96.